The van der Waals surface area contributed by atoms with Gasteiger partial charge < -0.3 is 14.8 Å². The molecule has 2 aromatic heterocycles. The van der Waals surface area contributed by atoms with Crippen LogP contribution in [0.5, 0.6) is 11.5 Å². The first-order valence-corrected chi connectivity index (χ1v) is 12.4. The number of hydrogen-bond donors (Lipinski definition) is 1. The van der Waals surface area contributed by atoms with Gasteiger partial charge in [0.2, 0.25) is 5.91 Å². The van der Waals surface area contributed by atoms with Gasteiger partial charge in [-0.25, -0.2) is 4.98 Å². The van der Waals surface area contributed by atoms with E-state index in [1.165, 1.54) is 16.9 Å². The minimum absolute atomic E-state index is 0.0518. The first-order valence-electron chi connectivity index (χ1n) is 11.6. The molecule has 0 radical (unpaired) electrons. The smallest absolute Gasteiger partial charge is 0.262 e. The third-order valence-corrected chi connectivity index (χ3v) is 8.19. The maximum Gasteiger partial charge on any atom is 0.262 e. The molecule has 33 heavy (non-hydrogen) atoms. The maximum atomic E-state index is 12.9. The third-order valence-electron chi connectivity index (χ3n) is 7.07. The molecule has 2 aliphatic rings. The molecule has 3 aromatic rings. The fourth-order valence-electron chi connectivity index (χ4n) is 5.00. The van der Waals surface area contributed by atoms with Crippen molar-refractivity contribution in [3.05, 3.63) is 50.9 Å². The van der Waals surface area contributed by atoms with Crippen LogP contribution in [0, 0.1) is 13.8 Å². The molecule has 1 amide bonds. The number of amides is 1. The average molecular weight is 468 g/mol. The fourth-order valence-corrected chi connectivity index (χ4v) is 5.99. The largest absolute Gasteiger partial charge is 0.486 e. The second kappa shape index (κ2) is 8.82. The number of nitrogens with zero attached hydrogens (tertiary/aromatic N) is 2. The summed E-state index contributed by atoms with van der Waals surface area (Å²) in [6, 6.07) is 6.17. The SMILES string of the molecule is Cc1sc2ncn(CCC(=O)NCC3(c4ccc5c(c4)OCCO5)CCCC3)c(=O)c2c1C. The van der Waals surface area contributed by atoms with Crippen LogP contribution in [-0.4, -0.2) is 35.2 Å². The molecule has 8 heteroatoms. The van der Waals surface area contributed by atoms with Crippen LogP contribution < -0.4 is 20.3 Å². The summed E-state index contributed by atoms with van der Waals surface area (Å²) < 4.78 is 13.0. The standard InChI is InChI=1S/C25H29N3O4S/c1-16-17(2)33-23-22(16)24(30)28(15-27-23)10-7-21(29)26-14-25(8-3-4-9-25)18-5-6-19-20(13-18)32-12-11-31-19/h5-6,13,15H,3-4,7-12,14H2,1-2H3,(H,26,29). The summed E-state index contributed by atoms with van der Waals surface area (Å²) in [6.45, 7) is 5.99. The summed E-state index contributed by atoms with van der Waals surface area (Å²) in [6.07, 6.45) is 6.15. The van der Waals surface area contributed by atoms with Gasteiger partial charge in [-0.2, -0.15) is 0 Å². The van der Waals surface area contributed by atoms with Crippen LogP contribution in [-0.2, 0) is 16.8 Å². The van der Waals surface area contributed by atoms with Crippen molar-refractivity contribution in [1.29, 1.82) is 0 Å². The van der Waals surface area contributed by atoms with Crippen LogP contribution in [0.2, 0.25) is 0 Å². The van der Waals surface area contributed by atoms with Gasteiger partial charge in [0, 0.05) is 29.8 Å². The highest BCUT2D eigenvalue weighted by Gasteiger charge is 2.36. The Kier molecular flexibility index (Phi) is 5.86. The zero-order chi connectivity index (χ0) is 23.0. The van der Waals surface area contributed by atoms with Crippen LogP contribution in [0.15, 0.2) is 29.3 Å². The van der Waals surface area contributed by atoms with Crippen LogP contribution in [0.4, 0.5) is 0 Å². The number of carbonyl (C=O) groups is 1. The van der Waals surface area contributed by atoms with E-state index in [1.807, 2.05) is 19.9 Å². The van der Waals surface area contributed by atoms with Gasteiger partial charge in [-0.05, 0) is 49.9 Å². The van der Waals surface area contributed by atoms with E-state index in [1.54, 1.807) is 10.9 Å². The number of thiophene rings is 1. The second-order valence-corrected chi connectivity index (χ2v) is 10.3. The van der Waals surface area contributed by atoms with E-state index in [-0.39, 0.29) is 23.3 Å². The molecule has 0 saturated heterocycles. The van der Waals surface area contributed by atoms with Crippen molar-refractivity contribution in [3.8, 4) is 11.5 Å². The molecule has 7 nitrogen and oxygen atoms in total. The number of fused-ring (bicyclic) bond motifs is 2. The normalized spacial score (nSPS) is 16.8. The number of hydrogen-bond acceptors (Lipinski definition) is 6. The first kappa shape index (κ1) is 21.9. The van der Waals surface area contributed by atoms with Crippen molar-refractivity contribution in [3.63, 3.8) is 0 Å². The summed E-state index contributed by atoms with van der Waals surface area (Å²) in [7, 11) is 0. The van der Waals surface area contributed by atoms with E-state index >= 15 is 0 Å². The molecule has 1 aromatic carbocycles. The lowest BCUT2D eigenvalue weighted by Gasteiger charge is -2.31. The highest BCUT2D eigenvalue weighted by molar-refractivity contribution is 7.18. The number of nitrogens with one attached hydrogen (secondary N) is 1. The van der Waals surface area contributed by atoms with Crippen LogP contribution >= 0.6 is 11.3 Å². The number of ether oxygens (including phenoxy) is 2. The van der Waals surface area contributed by atoms with E-state index in [9.17, 15) is 9.59 Å². The number of benzene rings is 1. The second-order valence-electron chi connectivity index (χ2n) is 9.08. The van der Waals surface area contributed by atoms with Crippen molar-refractivity contribution in [1.82, 2.24) is 14.9 Å². The Hall–Kier alpha value is -2.87. The first-order chi connectivity index (χ1) is 16.0. The van der Waals surface area contributed by atoms with Crippen molar-refractivity contribution < 1.29 is 14.3 Å². The Morgan fingerprint density at radius 2 is 1.94 bits per heavy atom. The van der Waals surface area contributed by atoms with Gasteiger partial charge in [0.05, 0.1) is 11.7 Å². The predicted molar refractivity (Wildman–Crippen MR) is 129 cm³/mol. The molecule has 0 spiro atoms. The van der Waals surface area contributed by atoms with Crippen LogP contribution in [0.3, 0.4) is 0 Å². The molecule has 0 atom stereocenters. The van der Waals surface area contributed by atoms with Gasteiger partial charge in [-0.3, -0.25) is 14.2 Å². The Bertz CT molecular complexity index is 1260. The van der Waals surface area contributed by atoms with Gasteiger partial charge in [-0.1, -0.05) is 18.9 Å². The zero-order valence-electron chi connectivity index (χ0n) is 19.1. The highest BCUT2D eigenvalue weighted by Crippen LogP contribution is 2.43. The zero-order valence-corrected chi connectivity index (χ0v) is 19.9. The molecule has 3 heterocycles. The summed E-state index contributed by atoms with van der Waals surface area (Å²) in [5.41, 5.74) is 2.01. The van der Waals surface area contributed by atoms with Gasteiger partial charge in [0.1, 0.15) is 18.0 Å². The molecule has 1 aliphatic carbocycles. The van der Waals surface area contributed by atoms with E-state index in [4.69, 9.17) is 9.47 Å². The molecule has 1 saturated carbocycles. The Morgan fingerprint density at radius 3 is 2.73 bits per heavy atom. The predicted octanol–water partition coefficient (Wildman–Crippen LogP) is 3.86. The fraction of sp³-hybridized carbons (Fsp3) is 0.480. The van der Waals surface area contributed by atoms with Crippen molar-refractivity contribution >= 4 is 27.5 Å². The summed E-state index contributed by atoms with van der Waals surface area (Å²) >= 11 is 1.53. The summed E-state index contributed by atoms with van der Waals surface area (Å²) in [5.74, 6) is 1.52. The minimum atomic E-state index is -0.0892. The van der Waals surface area contributed by atoms with E-state index < -0.39 is 0 Å². The van der Waals surface area contributed by atoms with Crippen LogP contribution in [0.25, 0.3) is 10.2 Å². The molecule has 0 unspecified atom stereocenters. The quantitative estimate of drug-likeness (QED) is 0.595. The van der Waals surface area contributed by atoms with Gasteiger partial charge >= 0.3 is 0 Å². The van der Waals surface area contributed by atoms with E-state index in [2.05, 4.69) is 22.4 Å². The summed E-state index contributed by atoms with van der Waals surface area (Å²) in [5, 5.41) is 3.81. The Morgan fingerprint density at radius 1 is 1.18 bits per heavy atom. The van der Waals surface area contributed by atoms with Crippen molar-refractivity contribution in [2.24, 2.45) is 0 Å². The van der Waals surface area contributed by atoms with Crippen molar-refractivity contribution in [2.45, 2.75) is 57.9 Å². The van der Waals surface area contributed by atoms with Crippen molar-refractivity contribution in [2.75, 3.05) is 19.8 Å². The molecule has 174 valence electrons. The van der Waals surface area contributed by atoms with Crippen LogP contribution in [0.1, 0.15) is 48.1 Å². The number of carbonyl (C=O) groups excluding carboxylic acids is 1. The average Bonchev–Trinajstić information content (AvgIpc) is 3.42. The van der Waals surface area contributed by atoms with E-state index in [0.29, 0.717) is 31.7 Å². The Labute approximate surface area is 196 Å². The topological polar surface area (TPSA) is 82.5 Å². The lowest BCUT2D eigenvalue weighted by atomic mass is 9.78. The molecular weight excluding hydrogens is 438 g/mol. The number of aromatic nitrogens is 2. The lowest BCUT2D eigenvalue weighted by molar-refractivity contribution is -0.121. The molecule has 1 fully saturated rings. The highest BCUT2D eigenvalue weighted by atomic mass is 32.1. The monoisotopic (exact) mass is 467 g/mol. The molecule has 1 N–H and O–H groups in total. The maximum absolute atomic E-state index is 12.9. The third kappa shape index (κ3) is 4.12. The molecule has 1 aliphatic heterocycles. The minimum Gasteiger partial charge on any atom is -0.486 e. The number of aryl methyl sites for hydroxylation is 3. The van der Waals surface area contributed by atoms with Gasteiger partial charge in [0.15, 0.2) is 11.5 Å². The molecule has 5 rings (SSSR count). The van der Waals surface area contributed by atoms with E-state index in [0.717, 1.165) is 52.5 Å². The Balaban J connectivity index is 1.26. The lowest BCUT2D eigenvalue weighted by Crippen LogP contribution is -2.39. The van der Waals surface area contributed by atoms with Gasteiger partial charge in [0.25, 0.3) is 5.56 Å². The molecular formula is C25H29N3O4S. The molecule has 0 bridgehead atoms. The van der Waals surface area contributed by atoms with Gasteiger partial charge in [-0.15, -0.1) is 11.3 Å². The number of rotatable bonds is 6. The summed E-state index contributed by atoms with van der Waals surface area (Å²) in [4.78, 5) is 31.9.